The highest BCUT2D eigenvalue weighted by molar-refractivity contribution is 9.10. The molecule has 0 spiro atoms. The van der Waals surface area contributed by atoms with Gasteiger partial charge in [-0.15, -0.1) is 0 Å². The van der Waals surface area contributed by atoms with Gasteiger partial charge in [0.25, 0.3) is 11.8 Å². The lowest BCUT2D eigenvalue weighted by atomic mass is 10.1. The molecular weight excluding hydrogens is 650 g/mol. The first-order valence-corrected chi connectivity index (χ1v) is 14.0. The van der Waals surface area contributed by atoms with Crippen LogP contribution < -0.4 is 19.7 Å². The maximum absolute atomic E-state index is 13.4. The third kappa shape index (κ3) is 6.82. The van der Waals surface area contributed by atoms with E-state index in [2.05, 4.69) is 21.2 Å². The molecular formula is C31H20BrCl2FN2O5. The van der Waals surface area contributed by atoms with Crippen molar-refractivity contribution in [3.05, 3.63) is 128 Å². The number of carbonyl (C=O) groups is 3. The van der Waals surface area contributed by atoms with Crippen molar-refractivity contribution in [2.45, 2.75) is 13.2 Å². The normalized spacial score (nSPS) is 14.2. The number of amides is 4. The zero-order valence-electron chi connectivity index (χ0n) is 21.6. The fourth-order valence-corrected chi connectivity index (χ4v) is 5.04. The van der Waals surface area contributed by atoms with E-state index in [0.717, 1.165) is 10.5 Å². The van der Waals surface area contributed by atoms with Crippen molar-refractivity contribution in [1.29, 1.82) is 0 Å². The lowest BCUT2D eigenvalue weighted by Gasteiger charge is -2.26. The van der Waals surface area contributed by atoms with E-state index in [1.165, 1.54) is 30.3 Å². The van der Waals surface area contributed by atoms with E-state index in [1.54, 1.807) is 60.7 Å². The van der Waals surface area contributed by atoms with Crippen molar-refractivity contribution in [2.24, 2.45) is 0 Å². The van der Waals surface area contributed by atoms with Crippen molar-refractivity contribution < 1.29 is 28.2 Å². The largest absolute Gasteiger partial charge is 0.489 e. The van der Waals surface area contributed by atoms with Gasteiger partial charge in [-0.05, 0) is 93.8 Å². The van der Waals surface area contributed by atoms with E-state index in [1.807, 2.05) is 0 Å². The molecule has 212 valence electrons. The highest BCUT2D eigenvalue weighted by Gasteiger charge is 2.36. The highest BCUT2D eigenvalue weighted by Crippen LogP contribution is 2.30. The van der Waals surface area contributed by atoms with Gasteiger partial charge in [-0.2, -0.15) is 0 Å². The molecule has 0 aliphatic carbocycles. The van der Waals surface area contributed by atoms with E-state index in [-0.39, 0.29) is 30.3 Å². The topological polar surface area (TPSA) is 84.9 Å². The Labute approximate surface area is 258 Å². The molecule has 1 fully saturated rings. The van der Waals surface area contributed by atoms with Crippen LogP contribution in [0.5, 0.6) is 11.5 Å². The predicted octanol–water partition coefficient (Wildman–Crippen LogP) is 7.72. The number of carbonyl (C=O) groups excluding carboxylic acids is 3. The third-order valence-corrected chi connectivity index (χ3v) is 7.36. The summed E-state index contributed by atoms with van der Waals surface area (Å²) in [6, 6.07) is 21.5. The number of imide groups is 2. The molecule has 4 aromatic rings. The van der Waals surface area contributed by atoms with Gasteiger partial charge in [-0.1, -0.05) is 47.5 Å². The summed E-state index contributed by atoms with van der Waals surface area (Å²) in [5.74, 6) is -0.996. The van der Waals surface area contributed by atoms with Gasteiger partial charge in [0.05, 0.1) is 10.2 Å². The number of ether oxygens (including phenoxy) is 2. The van der Waals surface area contributed by atoms with E-state index in [4.69, 9.17) is 32.7 Å². The monoisotopic (exact) mass is 668 g/mol. The lowest BCUT2D eigenvalue weighted by Crippen LogP contribution is -2.54. The van der Waals surface area contributed by atoms with Crippen LogP contribution in [0.1, 0.15) is 16.7 Å². The lowest BCUT2D eigenvalue weighted by molar-refractivity contribution is -0.122. The zero-order valence-corrected chi connectivity index (χ0v) is 24.7. The summed E-state index contributed by atoms with van der Waals surface area (Å²) in [4.78, 5) is 39.4. The first-order valence-electron chi connectivity index (χ1n) is 12.4. The van der Waals surface area contributed by atoms with Gasteiger partial charge < -0.3 is 9.47 Å². The Hall–Kier alpha value is -4.18. The van der Waals surface area contributed by atoms with Gasteiger partial charge in [-0.3, -0.25) is 14.9 Å². The second kappa shape index (κ2) is 12.8. The van der Waals surface area contributed by atoms with Crippen molar-refractivity contribution >= 4 is 68.7 Å². The number of urea groups is 1. The number of nitrogens with one attached hydrogen (secondary N) is 1. The van der Waals surface area contributed by atoms with Crippen LogP contribution in [0.25, 0.3) is 6.08 Å². The molecule has 0 saturated carbocycles. The number of anilines is 1. The number of hydrogen-bond acceptors (Lipinski definition) is 5. The Bertz CT molecular complexity index is 1730. The van der Waals surface area contributed by atoms with Gasteiger partial charge in [0.1, 0.15) is 36.1 Å². The molecule has 1 N–H and O–H groups in total. The average Bonchev–Trinajstić information content (AvgIpc) is 2.95. The van der Waals surface area contributed by atoms with Crippen LogP contribution >= 0.6 is 39.1 Å². The molecule has 0 aromatic heterocycles. The molecule has 0 radical (unpaired) electrons. The second-order valence-electron chi connectivity index (χ2n) is 9.08. The summed E-state index contributed by atoms with van der Waals surface area (Å²) < 4.78 is 25.5. The smallest absolute Gasteiger partial charge is 0.335 e. The molecule has 1 aliphatic rings. The number of rotatable bonds is 8. The number of barbiturate groups is 1. The number of hydrogen-bond donors (Lipinski definition) is 1. The Kier molecular flexibility index (Phi) is 8.91. The van der Waals surface area contributed by atoms with E-state index in [9.17, 15) is 18.8 Å². The van der Waals surface area contributed by atoms with E-state index in [0.29, 0.717) is 37.1 Å². The molecule has 7 nitrogen and oxygen atoms in total. The van der Waals surface area contributed by atoms with Crippen molar-refractivity contribution in [3.63, 3.8) is 0 Å². The zero-order chi connectivity index (χ0) is 29.8. The van der Waals surface area contributed by atoms with Crippen LogP contribution in [0.15, 0.2) is 95.0 Å². The van der Waals surface area contributed by atoms with Crippen LogP contribution in [0.4, 0.5) is 14.9 Å². The summed E-state index contributed by atoms with van der Waals surface area (Å²) in [6.07, 6.45) is 1.38. The Balaban J connectivity index is 1.29. The van der Waals surface area contributed by atoms with E-state index < -0.39 is 17.8 Å². The molecule has 5 rings (SSSR count). The number of benzene rings is 4. The molecule has 0 unspecified atom stereocenters. The van der Waals surface area contributed by atoms with Crippen LogP contribution in [0, 0.1) is 5.82 Å². The van der Waals surface area contributed by atoms with Crippen LogP contribution in [0.2, 0.25) is 10.0 Å². The molecule has 1 saturated heterocycles. The summed E-state index contributed by atoms with van der Waals surface area (Å²) in [5, 5.41) is 3.19. The minimum atomic E-state index is -0.869. The van der Waals surface area contributed by atoms with Crippen LogP contribution in [0.3, 0.4) is 0 Å². The minimum absolute atomic E-state index is 0.146. The summed E-state index contributed by atoms with van der Waals surface area (Å²) in [6.45, 7) is 0.331. The first kappa shape index (κ1) is 29.3. The first-order chi connectivity index (χ1) is 20.2. The van der Waals surface area contributed by atoms with Crippen molar-refractivity contribution in [1.82, 2.24) is 5.32 Å². The highest BCUT2D eigenvalue weighted by atomic mass is 79.9. The maximum atomic E-state index is 13.4. The SMILES string of the molecule is O=C1NC(=O)N(c2ccc(OCc3ccc(Cl)cc3Cl)cc2)C(=O)/C1=C/c1ccc(OCc2cccc(F)c2)c(Br)c1. The molecule has 0 bridgehead atoms. The predicted molar refractivity (Wildman–Crippen MR) is 161 cm³/mol. The summed E-state index contributed by atoms with van der Waals surface area (Å²) in [5.41, 5.74) is 1.93. The minimum Gasteiger partial charge on any atom is -0.489 e. The van der Waals surface area contributed by atoms with Crippen LogP contribution in [-0.2, 0) is 22.8 Å². The van der Waals surface area contributed by atoms with Crippen molar-refractivity contribution in [2.75, 3.05) is 4.90 Å². The molecule has 1 heterocycles. The van der Waals surface area contributed by atoms with Gasteiger partial charge in [-0.25, -0.2) is 14.1 Å². The molecule has 4 amide bonds. The molecule has 4 aromatic carbocycles. The second-order valence-corrected chi connectivity index (χ2v) is 10.8. The maximum Gasteiger partial charge on any atom is 0.335 e. The standard InChI is InChI=1S/C31H20BrCl2FN2O5/c32-26-14-18(4-11-28(26)42-16-19-2-1-3-22(35)12-19)13-25-29(38)36-31(40)37(30(25)39)23-7-9-24(10-8-23)41-17-20-5-6-21(33)15-27(20)34/h1-15H,16-17H2,(H,36,38,40)/b25-13+. The van der Waals surface area contributed by atoms with E-state index >= 15 is 0 Å². The molecule has 42 heavy (non-hydrogen) atoms. The van der Waals surface area contributed by atoms with Crippen molar-refractivity contribution in [3.8, 4) is 11.5 Å². The van der Waals surface area contributed by atoms with Gasteiger partial charge in [0.15, 0.2) is 0 Å². The Morgan fingerprint density at radius 3 is 2.38 bits per heavy atom. The Morgan fingerprint density at radius 1 is 0.881 bits per heavy atom. The Morgan fingerprint density at radius 2 is 1.67 bits per heavy atom. The number of nitrogens with zero attached hydrogens (tertiary/aromatic N) is 1. The molecule has 0 atom stereocenters. The van der Waals surface area contributed by atoms with Gasteiger partial charge in [0, 0.05) is 15.6 Å². The van der Waals surface area contributed by atoms with Gasteiger partial charge >= 0.3 is 6.03 Å². The van der Waals surface area contributed by atoms with Crippen LogP contribution in [-0.4, -0.2) is 17.8 Å². The fraction of sp³-hybridized carbons (Fsp3) is 0.0645. The fourth-order valence-electron chi connectivity index (χ4n) is 4.06. The van der Waals surface area contributed by atoms with Gasteiger partial charge in [0.2, 0.25) is 0 Å². The quantitative estimate of drug-likeness (QED) is 0.153. The molecule has 1 aliphatic heterocycles. The average molecular weight is 670 g/mol. The number of halogens is 4. The molecule has 11 heteroatoms. The third-order valence-electron chi connectivity index (χ3n) is 6.16. The summed E-state index contributed by atoms with van der Waals surface area (Å²) >= 11 is 15.5. The summed E-state index contributed by atoms with van der Waals surface area (Å²) in [7, 11) is 0.